The van der Waals surface area contributed by atoms with Gasteiger partial charge in [-0.25, -0.2) is 0 Å². The summed E-state index contributed by atoms with van der Waals surface area (Å²) in [4.78, 5) is 14.3. The van der Waals surface area contributed by atoms with Crippen LogP contribution in [0.4, 0.5) is 0 Å². The van der Waals surface area contributed by atoms with Gasteiger partial charge in [-0.2, -0.15) is 0 Å². The van der Waals surface area contributed by atoms with Gasteiger partial charge in [0.2, 0.25) is 5.91 Å². The number of carbonyl (C=O) groups is 1. The van der Waals surface area contributed by atoms with Crippen molar-refractivity contribution in [1.29, 1.82) is 0 Å². The highest BCUT2D eigenvalue weighted by molar-refractivity contribution is 5.85. The summed E-state index contributed by atoms with van der Waals surface area (Å²) < 4.78 is 0. The summed E-state index contributed by atoms with van der Waals surface area (Å²) in [7, 11) is 0. The van der Waals surface area contributed by atoms with Crippen molar-refractivity contribution >= 4 is 5.91 Å². The molecule has 0 spiro atoms. The quantitative estimate of drug-likeness (QED) is 0.676. The van der Waals surface area contributed by atoms with Crippen LogP contribution < -0.4 is 11.1 Å². The van der Waals surface area contributed by atoms with E-state index in [4.69, 9.17) is 5.73 Å². The van der Waals surface area contributed by atoms with E-state index in [0.717, 1.165) is 32.5 Å². The largest absolute Gasteiger partial charge is 0.351 e. The molecule has 1 amide bonds. The topological polar surface area (TPSA) is 58.4 Å². The summed E-state index contributed by atoms with van der Waals surface area (Å²) >= 11 is 0. The molecule has 102 valence electrons. The molecule has 0 aromatic heterocycles. The fourth-order valence-electron chi connectivity index (χ4n) is 1.94. The smallest absolute Gasteiger partial charge is 0.240 e. The Morgan fingerprint density at radius 3 is 2.29 bits per heavy atom. The first-order valence-corrected chi connectivity index (χ1v) is 6.69. The first kappa shape index (κ1) is 16.4. The Kier molecular flexibility index (Phi) is 7.39. The number of nitrogens with zero attached hydrogens (tertiary/aromatic N) is 1. The molecule has 0 aromatic rings. The van der Waals surface area contributed by atoms with Crippen LogP contribution >= 0.6 is 0 Å². The van der Waals surface area contributed by atoms with Gasteiger partial charge in [-0.15, -0.1) is 0 Å². The van der Waals surface area contributed by atoms with E-state index >= 15 is 0 Å². The Labute approximate surface area is 106 Å². The van der Waals surface area contributed by atoms with Gasteiger partial charge in [0.15, 0.2) is 0 Å². The van der Waals surface area contributed by atoms with Crippen LogP contribution in [-0.4, -0.2) is 42.0 Å². The third-order valence-corrected chi connectivity index (χ3v) is 3.09. The minimum atomic E-state index is -0.744. The fraction of sp³-hybridized carbons (Fsp3) is 0.923. The number of hydrogen-bond donors (Lipinski definition) is 2. The van der Waals surface area contributed by atoms with Gasteiger partial charge in [0.25, 0.3) is 0 Å². The molecular formula is C13H29N3O. The van der Waals surface area contributed by atoms with Gasteiger partial charge in [0, 0.05) is 12.6 Å². The van der Waals surface area contributed by atoms with Crippen LogP contribution in [-0.2, 0) is 4.79 Å². The molecule has 0 aliphatic heterocycles. The van der Waals surface area contributed by atoms with Crippen LogP contribution in [0, 0.1) is 0 Å². The van der Waals surface area contributed by atoms with Gasteiger partial charge in [-0.3, -0.25) is 4.79 Å². The van der Waals surface area contributed by atoms with Crippen molar-refractivity contribution < 1.29 is 4.79 Å². The number of rotatable bonds is 8. The Hall–Kier alpha value is -0.610. The second-order valence-electron chi connectivity index (χ2n) is 5.03. The van der Waals surface area contributed by atoms with Crippen molar-refractivity contribution in [2.75, 3.05) is 19.6 Å². The van der Waals surface area contributed by atoms with Crippen LogP contribution in [0.3, 0.4) is 0 Å². The molecule has 0 saturated carbocycles. The van der Waals surface area contributed by atoms with Gasteiger partial charge < -0.3 is 16.0 Å². The SMILES string of the molecule is CCCC(C)(N)C(=O)NC(C)CN(CC)CC. The summed E-state index contributed by atoms with van der Waals surface area (Å²) in [5.74, 6) is -0.0426. The molecule has 0 fully saturated rings. The number of hydrogen-bond acceptors (Lipinski definition) is 3. The molecule has 4 nitrogen and oxygen atoms in total. The molecule has 0 rings (SSSR count). The van der Waals surface area contributed by atoms with E-state index < -0.39 is 5.54 Å². The molecule has 2 unspecified atom stereocenters. The molecule has 0 heterocycles. The van der Waals surface area contributed by atoms with Gasteiger partial charge in [-0.1, -0.05) is 27.2 Å². The predicted molar refractivity (Wildman–Crippen MR) is 72.9 cm³/mol. The van der Waals surface area contributed by atoms with Crippen LogP contribution in [0.1, 0.15) is 47.5 Å². The maximum atomic E-state index is 12.0. The minimum absolute atomic E-state index is 0.0426. The summed E-state index contributed by atoms with van der Waals surface area (Å²) in [6, 6.07) is 0.141. The highest BCUT2D eigenvalue weighted by Gasteiger charge is 2.28. The van der Waals surface area contributed by atoms with Crippen molar-refractivity contribution in [2.24, 2.45) is 5.73 Å². The monoisotopic (exact) mass is 243 g/mol. The lowest BCUT2D eigenvalue weighted by atomic mass is 9.96. The van der Waals surface area contributed by atoms with Crippen molar-refractivity contribution in [3.05, 3.63) is 0 Å². The van der Waals surface area contributed by atoms with Crippen molar-refractivity contribution in [1.82, 2.24) is 10.2 Å². The van der Waals surface area contributed by atoms with E-state index in [0.29, 0.717) is 0 Å². The molecule has 0 radical (unpaired) electrons. The van der Waals surface area contributed by atoms with Gasteiger partial charge in [-0.05, 0) is 33.4 Å². The van der Waals surface area contributed by atoms with Crippen molar-refractivity contribution in [2.45, 2.75) is 59.0 Å². The molecule has 0 aliphatic rings. The average molecular weight is 243 g/mol. The summed E-state index contributed by atoms with van der Waals surface area (Å²) in [5, 5.41) is 3.00. The lowest BCUT2D eigenvalue weighted by Gasteiger charge is -2.28. The molecule has 0 saturated heterocycles. The maximum Gasteiger partial charge on any atom is 0.240 e. The molecule has 3 N–H and O–H groups in total. The average Bonchev–Trinajstić information content (AvgIpc) is 2.25. The molecular weight excluding hydrogens is 214 g/mol. The highest BCUT2D eigenvalue weighted by atomic mass is 16.2. The Bertz CT molecular complexity index is 225. The van der Waals surface area contributed by atoms with Gasteiger partial charge >= 0.3 is 0 Å². The Morgan fingerprint density at radius 1 is 1.35 bits per heavy atom. The van der Waals surface area contributed by atoms with E-state index in [1.807, 2.05) is 13.8 Å². The number of carbonyl (C=O) groups excluding carboxylic acids is 1. The molecule has 0 aromatic carbocycles. The third kappa shape index (κ3) is 6.03. The maximum absolute atomic E-state index is 12.0. The molecule has 0 aliphatic carbocycles. The molecule has 0 bridgehead atoms. The van der Waals surface area contributed by atoms with Crippen LogP contribution in [0.25, 0.3) is 0 Å². The summed E-state index contributed by atoms with van der Waals surface area (Å²) in [6.07, 6.45) is 1.64. The summed E-state index contributed by atoms with van der Waals surface area (Å²) in [5.41, 5.74) is 5.25. The van der Waals surface area contributed by atoms with Crippen LogP contribution in [0.15, 0.2) is 0 Å². The van der Waals surface area contributed by atoms with E-state index in [1.54, 1.807) is 6.92 Å². The zero-order chi connectivity index (χ0) is 13.5. The van der Waals surface area contributed by atoms with E-state index in [-0.39, 0.29) is 11.9 Å². The molecule has 2 atom stereocenters. The Morgan fingerprint density at radius 2 is 1.88 bits per heavy atom. The third-order valence-electron chi connectivity index (χ3n) is 3.09. The number of likely N-dealkylation sites (N-methyl/N-ethyl adjacent to an activating group) is 1. The number of amides is 1. The number of nitrogens with two attached hydrogens (primary N) is 1. The Balaban J connectivity index is 4.19. The minimum Gasteiger partial charge on any atom is -0.351 e. The van der Waals surface area contributed by atoms with Crippen LogP contribution in [0.2, 0.25) is 0 Å². The standard InChI is InChI=1S/C13H29N3O/c1-6-9-13(5,14)12(17)15-11(4)10-16(7-2)8-3/h11H,6-10,14H2,1-5H3,(H,15,17). The second-order valence-corrected chi connectivity index (χ2v) is 5.03. The molecule has 17 heavy (non-hydrogen) atoms. The highest BCUT2D eigenvalue weighted by Crippen LogP contribution is 2.08. The second kappa shape index (κ2) is 7.67. The fourth-order valence-corrected chi connectivity index (χ4v) is 1.94. The van der Waals surface area contributed by atoms with Gasteiger partial charge in [0.1, 0.15) is 0 Å². The molecule has 4 heteroatoms. The van der Waals surface area contributed by atoms with Crippen molar-refractivity contribution in [3.63, 3.8) is 0 Å². The zero-order valence-corrected chi connectivity index (χ0v) is 12.0. The first-order chi connectivity index (χ1) is 7.87. The normalized spacial score (nSPS) is 16.6. The van der Waals surface area contributed by atoms with E-state index in [2.05, 4.69) is 24.1 Å². The summed E-state index contributed by atoms with van der Waals surface area (Å²) in [6.45, 7) is 13.0. The van der Waals surface area contributed by atoms with E-state index in [9.17, 15) is 4.79 Å². The van der Waals surface area contributed by atoms with Gasteiger partial charge in [0.05, 0.1) is 5.54 Å². The predicted octanol–water partition coefficient (Wildman–Crippen LogP) is 1.35. The lowest BCUT2D eigenvalue weighted by Crippen LogP contribution is -2.55. The lowest BCUT2D eigenvalue weighted by molar-refractivity contribution is -0.126. The first-order valence-electron chi connectivity index (χ1n) is 6.69. The van der Waals surface area contributed by atoms with Crippen molar-refractivity contribution in [3.8, 4) is 0 Å². The number of nitrogens with one attached hydrogen (secondary N) is 1. The van der Waals surface area contributed by atoms with E-state index in [1.165, 1.54) is 0 Å². The van der Waals surface area contributed by atoms with Crippen LogP contribution in [0.5, 0.6) is 0 Å². The zero-order valence-electron chi connectivity index (χ0n) is 12.0.